The van der Waals surface area contributed by atoms with Crippen molar-refractivity contribution >= 4 is 28.5 Å². The normalized spacial score (nSPS) is 14.1. The van der Waals surface area contributed by atoms with E-state index in [0.717, 1.165) is 41.0 Å². The number of carbonyl (C=O) groups is 2. The number of imidazole rings is 1. The van der Waals surface area contributed by atoms with E-state index in [1.165, 1.54) is 0 Å². The zero-order valence-corrected chi connectivity index (χ0v) is 15.1. The molecular formula is C21H22N4O2. The maximum Gasteiger partial charge on any atom is 0.240 e. The van der Waals surface area contributed by atoms with Gasteiger partial charge in [-0.05, 0) is 36.6 Å². The Morgan fingerprint density at radius 1 is 1.11 bits per heavy atom. The number of para-hydroxylation sites is 3. The quantitative estimate of drug-likeness (QED) is 0.732. The third kappa shape index (κ3) is 3.84. The van der Waals surface area contributed by atoms with Crippen LogP contribution >= 0.6 is 0 Å². The first-order valence-electron chi connectivity index (χ1n) is 9.29. The highest BCUT2D eigenvalue weighted by atomic mass is 16.2. The number of aromatic amines is 1. The number of amides is 2. The molecule has 27 heavy (non-hydrogen) atoms. The number of nitrogens with zero attached hydrogens (tertiary/aromatic N) is 2. The summed E-state index contributed by atoms with van der Waals surface area (Å²) in [7, 11) is 0. The van der Waals surface area contributed by atoms with Gasteiger partial charge in [0.1, 0.15) is 12.4 Å². The van der Waals surface area contributed by atoms with E-state index in [1.807, 2.05) is 48.5 Å². The fourth-order valence-corrected chi connectivity index (χ4v) is 3.50. The number of rotatable bonds is 5. The van der Waals surface area contributed by atoms with E-state index < -0.39 is 0 Å². The van der Waals surface area contributed by atoms with Gasteiger partial charge in [-0.15, -0.1) is 0 Å². The van der Waals surface area contributed by atoms with Crippen molar-refractivity contribution < 1.29 is 9.59 Å². The average molecular weight is 362 g/mol. The van der Waals surface area contributed by atoms with Crippen molar-refractivity contribution in [1.29, 1.82) is 0 Å². The van der Waals surface area contributed by atoms with Crippen LogP contribution in [0, 0.1) is 0 Å². The molecule has 1 aliphatic heterocycles. The van der Waals surface area contributed by atoms with E-state index in [0.29, 0.717) is 19.4 Å². The molecule has 0 radical (unpaired) electrons. The predicted molar refractivity (Wildman–Crippen MR) is 105 cm³/mol. The molecular weight excluding hydrogens is 340 g/mol. The van der Waals surface area contributed by atoms with Gasteiger partial charge >= 0.3 is 0 Å². The van der Waals surface area contributed by atoms with Gasteiger partial charge < -0.3 is 15.2 Å². The number of H-pyrrole nitrogens is 1. The van der Waals surface area contributed by atoms with Gasteiger partial charge in [-0.3, -0.25) is 9.59 Å². The van der Waals surface area contributed by atoms with Gasteiger partial charge in [-0.25, -0.2) is 4.98 Å². The van der Waals surface area contributed by atoms with Gasteiger partial charge in [0.25, 0.3) is 0 Å². The first kappa shape index (κ1) is 17.3. The van der Waals surface area contributed by atoms with Gasteiger partial charge in [-0.1, -0.05) is 30.3 Å². The molecule has 0 bridgehead atoms. The first-order valence-corrected chi connectivity index (χ1v) is 9.29. The molecule has 6 nitrogen and oxygen atoms in total. The van der Waals surface area contributed by atoms with Crippen LogP contribution in [0.15, 0.2) is 48.5 Å². The van der Waals surface area contributed by atoms with Gasteiger partial charge in [0.2, 0.25) is 11.8 Å². The first-order chi connectivity index (χ1) is 13.2. The monoisotopic (exact) mass is 362 g/mol. The molecule has 2 amide bonds. The van der Waals surface area contributed by atoms with Crippen LogP contribution in [0.5, 0.6) is 0 Å². The lowest BCUT2D eigenvalue weighted by molar-refractivity contribution is -0.123. The van der Waals surface area contributed by atoms with Crippen molar-refractivity contribution in [3.8, 4) is 0 Å². The minimum Gasteiger partial charge on any atom is -0.354 e. The molecule has 2 heterocycles. The molecule has 0 unspecified atom stereocenters. The molecule has 2 N–H and O–H groups in total. The van der Waals surface area contributed by atoms with Crippen molar-refractivity contribution in [3.63, 3.8) is 0 Å². The van der Waals surface area contributed by atoms with E-state index in [1.54, 1.807) is 4.90 Å². The Hall–Kier alpha value is -3.15. The summed E-state index contributed by atoms with van der Waals surface area (Å²) in [4.78, 5) is 34.2. The number of aromatic nitrogens is 2. The maximum atomic E-state index is 12.4. The van der Waals surface area contributed by atoms with Crippen molar-refractivity contribution in [2.75, 3.05) is 18.0 Å². The second-order valence-electron chi connectivity index (χ2n) is 6.76. The fourth-order valence-electron chi connectivity index (χ4n) is 3.50. The maximum absolute atomic E-state index is 12.4. The number of nitrogens with one attached hydrogen (secondary N) is 2. The smallest absolute Gasteiger partial charge is 0.240 e. The second-order valence-corrected chi connectivity index (χ2v) is 6.76. The lowest BCUT2D eigenvalue weighted by Gasteiger charge is -2.22. The molecule has 4 rings (SSSR count). The molecule has 6 heteroatoms. The molecule has 3 aromatic rings. The molecule has 0 fully saturated rings. The van der Waals surface area contributed by atoms with Crippen LogP contribution in [0.3, 0.4) is 0 Å². The Labute approximate surface area is 157 Å². The Kier molecular flexibility index (Phi) is 4.87. The molecule has 0 atom stereocenters. The summed E-state index contributed by atoms with van der Waals surface area (Å²) >= 11 is 0. The number of carbonyl (C=O) groups excluding carboxylic acids is 2. The molecule has 1 aliphatic rings. The van der Waals surface area contributed by atoms with Crippen LogP contribution in [-0.2, 0) is 22.4 Å². The molecule has 138 valence electrons. The zero-order valence-electron chi connectivity index (χ0n) is 15.1. The van der Waals surface area contributed by atoms with E-state index in [9.17, 15) is 9.59 Å². The highest BCUT2D eigenvalue weighted by molar-refractivity contribution is 5.99. The Bertz CT molecular complexity index is 946. The summed E-state index contributed by atoms with van der Waals surface area (Å²) in [6.07, 6.45) is 2.78. The van der Waals surface area contributed by atoms with Crippen molar-refractivity contribution in [3.05, 3.63) is 59.9 Å². The highest BCUT2D eigenvalue weighted by Crippen LogP contribution is 2.26. The molecule has 0 saturated heterocycles. The van der Waals surface area contributed by atoms with Gasteiger partial charge in [0, 0.05) is 25.1 Å². The van der Waals surface area contributed by atoms with E-state index in [-0.39, 0.29) is 18.4 Å². The number of aryl methyl sites for hydroxylation is 1. The lowest BCUT2D eigenvalue weighted by Crippen LogP contribution is -2.41. The van der Waals surface area contributed by atoms with Crippen molar-refractivity contribution in [2.24, 2.45) is 0 Å². The van der Waals surface area contributed by atoms with Crippen molar-refractivity contribution in [2.45, 2.75) is 25.7 Å². The molecule has 2 aromatic carbocycles. The minimum atomic E-state index is -0.156. The standard InChI is InChI=1S/C21H22N4O2/c26-20(22-13-12-19-23-16-8-2-3-9-17(16)24-19)14-25-18-10-4-1-6-15(18)7-5-11-21(25)27/h1-4,6,8-10H,5,7,11-14H2,(H,22,26)(H,23,24). The second kappa shape index (κ2) is 7.61. The number of benzene rings is 2. The fraction of sp³-hybridized carbons (Fsp3) is 0.286. The van der Waals surface area contributed by atoms with Gasteiger partial charge in [0.15, 0.2) is 0 Å². The third-order valence-electron chi connectivity index (χ3n) is 4.84. The summed E-state index contributed by atoms with van der Waals surface area (Å²) < 4.78 is 0. The summed E-state index contributed by atoms with van der Waals surface area (Å²) in [5, 5.41) is 2.90. The molecule has 0 saturated carbocycles. The summed E-state index contributed by atoms with van der Waals surface area (Å²) in [5.41, 5.74) is 3.89. The number of anilines is 1. The van der Waals surface area contributed by atoms with Gasteiger partial charge in [0.05, 0.1) is 11.0 Å². The van der Waals surface area contributed by atoms with Crippen LogP contribution in [-0.4, -0.2) is 34.9 Å². The van der Waals surface area contributed by atoms with E-state index >= 15 is 0 Å². The molecule has 0 spiro atoms. The van der Waals surface area contributed by atoms with Crippen LogP contribution in [0.2, 0.25) is 0 Å². The van der Waals surface area contributed by atoms with Gasteiger partial charge in [-0.2, -0.15) is 0 Å². The number of hydrogen-bond acceptors (Lipinski definition) is 3. The third-order valence-corrected chi connectivity index (χ3v) is 4.84. The largest absolute Gasteiger partial charge is 0.354 e. The van der Waals surface area contributed by atoms with Crippen molar-refractivity contribution in [1.82, 2.24) is 15.3 Å². The summed E-state index contributed by atoms with van der Waals surface area (Å²) in [5.74, 6) is 0.691. The summed E-state index contributed by atoms with van der Waals surface area (Å²) in [6.45, 7) is 0.526. The highest BCUT2D eigenvalue weighted by Gasteiger charge is 2.23. The molecule has 1 aromatic heterocycles. The van der Waals surface area contributed by atoms with Crippen LogP contribution in [0.1, 0.15) is 24.2 Å². The lowest BCUT2D eigenvalue weighted by atomic mass is 10.1. The number of hydrogen-bond donors (Lipinski definition) is 2. The predicted octanol–water partition coefficient (Wildman–Crippen LogP) is 2.59. The zero-order chi connectivity index (χ0) is 18.6. The topological polar surface area (TPSA) is 78.1 Å². The molecule has 0 aliphatic carbocycles. The van der Waals surface area contributed by atoms with Crippen LogP contribution in [0.4, 0.5) is 5.69 Å². The average Bonchev–Trinajstić information content (AvgIpc) is 3.02. The van der Waals surface area contributed by atoms with E-state index in [2.05, 4.69) is 15.3 Å². The number of fused-ring (bicyclic) bond motifs is 2. The van der Waals surface area contributed by atoms with E-state index in [4.69, 9.17) is 0 Å². The Balaban J connectivity index is 1.36. The minimum absolute atomic E-state index is 0.00684. The Morgan fingerprint density at radius 2 is 1.93 bits per heavy atom. The van der Waals surface area contributed by atoms with Crippen LogP contribution in [0.25, 0.3) is 11.0 Å². The Morgan fingerprint density at radius 3 is 2.81 bits per heavy atom. The van der Waals surface area contributed by atoms with Crippen LogP contribution < -0.4 is 10.2 Å². The SMILES string of the molecule is O=C(CN1C(=O)CCCc2ccccc21)NCCc1nc2ccccc2[nH]1. The summed E-state index contributed by atoms with van der Waals surface area (Å²) in [6, 6.07) is 15.7.